The molecule has 6 nitrogen and oxygen atoms in total. The summed E-state index contributed by atoms with van der Waals surface area (Å²) in [5.74, 6) is 1.36. The van der Waals surface area contributed by atoms with E-state index < -0.39 is 0 Å². The molecule has 0 saturated carbocycles. The number of benzene rings is 1. The van der Waals surface area contributed by atoms with Crippen molar-refractivity contribution < 1.29 is 9.90 Å². The van der Waals surface area contributed by atoms with Gasteiger partial charge >= 0.3 is 0 Å². The maximum Gasteiger partial charge on any atom is 0.255 e. The number of carbonyl (C=O) groups excluding carboxylic acids is 1. The number of nitriles is 1. The number of aromatic hydroxyl groups is 1. The fraction of sp³-hybridized carbons (Fsp3) is 0.391. The number of carbonyl (C=O) groups is 1. The molecule has 0 aliphatic carbocycles. The van der Waals surface area contributed by atoms with Crippen molar-refractivity contribution in [3.8, 4) is 11.8 Å². The van der Waals surface area contributed by atoms with Gasteiger partial charge in [0, 0.05) is 50.5 Å². The molecule has 7 heteroatoms. The Hall–Kier alpha value is -2.82. The first-order valence-corrected chi connectivity index (χ1v) is 11.3. The summed E-state index contributed by atoms with van der Waals surface area (Å²) < 4.78 is 2.02. The van der Waals surface area contributed by atoms with Crippen molar-refractivity contribution in [3.05, 3.63) is 58.7 Å². The van der Waals surface area contributed by atoms with Crippen LogP contribution in [0.4, 0.5) is 0 Å². The van der Waals surface area contributed by atoms with Gasteiger partial charge in [0.25, 0.3) is 5.91 Å². The first-order valence-electron chi connectivity index (χ1n) is 10.4. The zero-order valence-corrected chi connectivity index (χ0v) is 17.5. The number of hydrogen-bond acceptors (Lipinski definition) is 5. The fourth-order valence-electron chi connectivity index (χ4n) is 4.78. The van der Waals surface area contributed by atoms with Crippen LogP contribution in [0.15, 0.2) is 42.0 Å². The molecule has 1 aromatic carbocycles. The molecular formula is C23H24N4O2S. The predicted molar refractivity (Wildman–Crippen MR) is 115 cm³/mol. The minimum atomic E-state index is 0.0396. The Morgan fingerprint density at radius 1 is 1.23 bits per heavy atom. The molecular weight excluding hydrogens is 396 g/mol. The lowest BCUT2D eigenvalue weighted by Gasteiger charge is -2.46. The Morgan fingerprint density at radius 3 is 2.90 bits per heavy atom. The number of piperidine rings is 1. The van der Waals surface area contributed by atoms with E-state index in [0.29, 0.717) is 17.4 Å². The van der Waals surface area contributed by atoms with Crippen LogP contribution in [-0.4, -0.2) is 51.4 Å². The minimum Gasteiger partial charge on any atom is -0.507 e. The fourth-order valence-corrected chi connectivity index (χ4v) is 5.54. The van der Waals surface area contributed by atoms with Crippen LogP contribution in [0.1, 0.15) is 34.3 Å². The lowest BCUT2D eigenvalue weighted by Crippen LogP contribution is -2.53. The van der Waals surface area contributed by atoms with Crippen LogP contribution in [0.2, 0.25) is 0 Å². The molecule has 4 heterocycles. The zero-order valence-electron chi connectivity index (χ0n) is 16.7. The maximum atomic E-state index is 13.0. The largest absolute Gasteiger partial charge is 0.507 e. The molecule has 0 radical (unpaired) electrons. The van der Waals surface area contributed by atoms with Gasteiger partial charge in [-0.05, 0) is 48.4 Å². The highest BCUT2D eigenvalue weighted by molar-refractivity contribution is 7.15. The van der Waals surface area contributed by atoms with Crippen LogP contribution in [0, 0.1) is 23.2 Å². The number of phenols is 1. The Balaban J connectivity index is 1.17. The standard InChI is InChI=1S/C23H24N4O2S/c24-10-18-8-16(3-4-21(18)28)11-25-12-20(13-25)17-2-1-5-27(14-17)23(29)19-9-22-26(15-19)6-7-30-22/h3-4,6-9,15,17,20,28H,1-2,5,11-14H2. The molecule has 154 valence electrons. The van der Waals surface area contributed by atoms with E-state index >= 15 is 0 Å². The van der Waals surface area contributed by atoms with Crippen molar-refractivity contribution in [3.63, 3.8) is 0 Å². The average molecular weight is 421 g/mol. The second-order valence-electron chi connectivity index (χ2n) is 8.45. The van der Waals surface area contributed by atoms with Gasteiger partial charge in [-0.1, -0.05) is 6.07 Å². The number of amides is 1. The predicted octanol–water partition coefficient (Wildman–Crippen LogP) is 3.56. The van der Waals surface area contributed by atoms with Crippen molar-refractivity contribution in [2.75, 3.05) is 26.2 Å². The van der Waals surface area contributed by atoms with Crippen LogP contribution in [0.5, 0.6) is 5.75 Å². The highest BCUT2D eigenvalue weighted by Crippen LogP contribution is 2.33. The van der Waals surface area contributed by atoms with Gasteiger partial charge in [-0.2, -0.15) is 5.26 Å². The number of aromatic nitrogens is 1. The Bertz CT molecular complexity index is 1090. The van der Waals surface area contributed by atoms with Gasteiger partial charge in [-0.15, -0.1) is 11.3 Å². The van der Waals surface area contributed by atoms with Gasteiger partial charge < -0.3 is 14.4 Å². The summed E-state index contributed by atoms with van der Waals surface area (Å²) >= 11 is 1.65. The number of hydrogen-bond donors (Lipinski definition) is 1. The summed E-state index contributed by atoms with van der Waals surface area (Å²) in [6, 6.07) is 9.28. The Labute approximate surface area is 179 Å². The average Bonchev–Trinajstić information content (AvgIpc) is 3.33. The molecule has 1 N–H and O–H groups in total. The second-order valence-corrected chi connectivity index (χ2v) is 9.37. The van der Waals surface area contributed by atoms with Crippen LogP contribution in [0.3, 0.4) is 0 Å². The molecule has 1 amide bonds. The van der Waals surface area contributed by atoms with E-state index in [-0.39, 0.29) is 11.7 Å². The van der Waals surface area contributed by atoms with Crippen molar-refractivity contribution in [1.29, 1.82) is 5.26 Å². The molecule has 0 spiro atoms. The summed E-state index contributed by atoms with van der Waals surface area (Å²) in [6.45, 7) is 4.54. The molecule has 0 bridgehead atoms. The first-order chi connectivity index (χ1) is 14.6. The number of rotatable bonds is 4. The lowest BCUT2D eigenvalue weighted by molar-refractivity contribution is 0.0170. The molecule has 30 heavy (non-hydrogen) atoms. The Morgan fingerprint density at radius 2 is 2.10 bits per heavy atom. The molecule has 2 saturated heterocycles. The van der Waals surface area contributed by atoms with E-state index in [1.807, 2.05) is 45.3 Å². The number of thiazole rings is 1. The number of phenolic OH excluding ortho intramolecular Hbond substituents is 1. The highest BCUT2D eigenvalue weighted by atomic mass is 32.1. The summed E-state index contributed by atoms with van der Waals surface area (Å²) in [4.78, 5) is 18.5. The molecule has 2 aromatic heterocycles. The topological polar surface area (TPSA) is 72.0 Å². The van der Waals surface area contributed by atoms with Crippen molar-refractivity contribution in [2.45, 2.75) is 19.4 Å². The summed E-state index contributed by atoms with van der Waals surface area (Å²) in [5.41, 5.74) is 2.17. The normalized spacial score (nSPS) is 20.2. The third kappa shape index (κ3) is 3.57. The van der Waals surface area contributed by atoms with Crippen molar-refractivity contribution in [1.82, 2.24) is 14.2 Å². The molecule has 5 rings (SSSR count). The first kappa shape index (κ1) is 19.2. The summed E-state index contributed by atoms with van der Waals surface area (Å²) in [7, 11) is 0. The second kappa shape index (κ2) is 7.78. The van der Waals surface area contributed by atoms with Crippen LogP contribution in [-0.2, 0) is 6.54 Å². The van der Waals surface area contributed by atoms with Crippen LogP contribution < -0.4 is 0 Å². The van der Waals surface area contributed by atoms with Gasteiger partial charge in [0.05, 0.1) is 16.0 Å². The van der Waals surface area contributed by atoms with E-state index in [1.54, 1.807) is 23.5 Å². The number of nitrogens with zero attached hydrogens (tertiary/aromatic N) is 4. The molecule has 1 atom stereocenters. The molecule has 3 aromatic rings. The maximum absolute atomic E-state index is 13.0. The van der Waals surface area contributed by atoms with Gasteiger partial charge in [0.1, 0.15) is 11.8 Å². The molecule has 2 aliphatic heterocycles. The van der Waals surface area contributed by atoms with Gasteiger partial charge in [-0.25, -0.2) is 0 Å². The minimum absolute atomic E-state index is 0.0396. The van der Waals surface area contributed by atoms with E-state index in [0.717, 1.165) is 55.1 Å². The summed E-state index contributed by atoms with van der Waals surface area (Å²) in [5, 5.41) is 20.8. The van der Waals surface area contributed by atoms with Crippen molar-refractivity contribution in [2.24, 2.45) is 11.8 Å². The SMILES string of the molecule is N#Cc1cc(CN2CC(C3CCCN(C(=O)c4cc5sccn5c4)C3)C2)ccc1O. The molecule has 2 aliphatic rings. The Kier molecular flexibility index (Phi) is 4.97. The molecule has 1 unspecified atom stereocenters. The molecule has 2 fully saturated rings. The van der Waals surface area contributed by atoms with E-state index in [2.05, 4.69) is 4.90 Å². The summed E-state index contributed by atoms with van der Waals surface area (Å²) in [6.07, 6.45) is 6.19. The van der Waals surface area contributed by atoms with Crippen LogP contribution >= 0.6 is 11.3 Å². The van der Waals surface area contributed by atoms with Crippen molar-refractivity contribution >= 4 is 22.1 Å². The zero-order chi connectivity index (χ0) is 20.7. The lowest BCUT2D eigenvalue weighted by atomic mass is 9.80. The van der Waals surface area contributed by atoms with E-state index in [9.17, 15) is 9.90 Å². The smallest absolute Gasteiger partial charge is 0.255 e. The van der Waals surface area contributed by atoms with Gasteiger partial charge in [0.2, 0.25) is 0 Å². The van der Waals surface area contributed by atoms with E-state index in [4.69, 9.17) is 5.26 Å². The third-order valence-electron chi connectivity index (χ3n) is 6.45. The van der Waals surface area contributed by atoms with Crippen LogP contribution in [0.25, 0.3) is 4.83 Å². The third-order valence-corrected chi connectivity index (χ3v) is 7.28. The highest BCUT2D eigenvalue weighted by Gasteiger charge is 2.36. The monoisotopic (exact) mass is 420 g/mol. The quantitative estimate of drug-likeness (QED) is 0.701. The van der Waals surface area contributed by atoms with Gasteiger partial charge in [-0.3, -0.25) is 9.69 Å². The number of likely N-dealkylation sites (tertiary alicyclic amines) is 2. The van der Waals surface area contributed by atoms with Gasteiger partial charge in [0.15, 0.2) is 0 Å². The van der Waals surface area contributed by atoms with E-state index in [1.165, 1.54) is 6.42 Å². The number of fused-ring (bicyclic) bond motifs is 1.